The monoisotopic (exact) mass is 397 g/mol. The van der Waals surface area contributed by atoms with Gasteiger partial charge in [0, 0.05) is 24.3 Å². The van der Waals surface area contributed by atoms with Gasteiger partial charge >= 0.3 is 7.60 Å². The van der Waals surface area contributed by atoms with Crippen LogP contribution in [0.25, 0.3) is 10.8 Å². The van der Waals surface area contributed by atoms with E-state index in [0.29, 0.717) is 12.0 Å². The van der Waals surface area contributed by atoms with Crippen molar-refractivity contribution in [1.82, 2.24) is 5.32 Å². The number of carbonyl (C=O) groups is 1. The van der Waals surface area contributed by atoms with Gasteiger partial charge in [0.05, 0.1) is 5.39 Å². The quantitative estimate of drug-likeness (QED) is 0.241. The first-order valence-electron chi connectivity index (χ1n) is 8.06. The minimum Gasteiger partial charge on any atom is -0.504 e. The lowest BCUT2D eigenvalue weighted by Gasteiger charge is -2.06. The van der Waals surface area contributed by atoms with Gasteiger partial charge in [-0.1, -0.05) is 0 Å². The summed E-state index contributed by atoms with van der Waals surface area (Å²) >= 11 is 0. The smallest absolute Gasteiger partial charge is 0.325 e. The molecule has 0 aliphatic rings. The highest BCUT2D eigenvalue weighted by Gasteiger charge is 2.17. The van der Waals surface area contributed by atoms with Crippen molar-refractivity contribution in [2.75, 3.05) is 12.7 Å². The van der Waals surface area contributed by atoms with E-state index < -0.39 is 36.2 Å². The van der Waals surface area contributed by atoms with Crippen molar-refractivity contribution >= 4 is 24.3 Å². The van der Waals surface area contributed by atoms with E-state index >= 15 is 0 Å². The summed E-state index contributed by atoms with van der Waals surface area (Å²) in [4.78, 5) is 41.9. The van der Waals surface area contributed by atoms with E-state index in [2.05, 4.69) is 5.32 Å². The maximum absolute atomic E-state index is 12.3. The van der Waals surface area contributed by atoms with E-state index in [1.54, 1.807) is 0 Å². The number of rotatable bonds is 6. The summed E-state index contributed by atoms with van der Waals surface area (Å²) in [6.45, 7) is 1.65. The Labute approximate surface area is 154 Å². The summed E-state index contributed by atoms with van der Waals surface area (Å²) in [6, 6.07) is 3.63. The molecule has 2 aromatic rings. The number of hydrogen-bond acceptors (Lipinski definition) is 6. The van der Waals surface area contributed by atoms with Crippen LogP contribution in [0.4, 0.5) is 0 Å². The zero-order chi connectivity index (χ0) is 20.4. The molecule has 0 bridgehead atoms. The van der Waals surface area contributed by atoms with E-state index in [1.807, 2.05) is 0 Å². The molecule has 0 unspecified atom stereocenters. The molecule has 0 spiro atoms. The van der Waals surface area contributed by atoms with E-state index in [-0.39, 0.29) is 35.5 Å². The number of fused-ring (bicyclic) bond motifs is 1. The van der Waals surface area contributed by atoms with Crippen LogP contribution in [-0.4, -0.2) is 43.7 Å². The van der Waals surface area contributed by atoms with Gasteiger partial charge in [-0.05, 0) is 42.8 Å². The Hall–Kier alpha value is -2.61. The van der Waals surface area contributed by atoms with Crippen LogP contribution >= 0.6 is 7.60 Å². The van der Waals surface area contributed by atoms with Crippen LogP contribution in [0.1, 0.15) is 28.8 Å². The van der Waals surface area contributed by atoms with E-state index in [4.69, 9.17) is 9.79 Å². The predicted octanol–water partition coefficient (Wildman–Crippen LogP) is 1.31. The van der Waals surface area contributed by atoms with Gasteiger partial charge in [-0.2, -0.15) is 0 Å². The Morgan fingerprint density at radius 1 is 1.04 bits per heavy atom. The summed E-state index contributed by atoms with van der Waals surface area (Å²) in [6.07, 6.45) is 0.268. The highest BCUT2D eigenvalue weighted by molar-refractivity contribution is 7.51. The first kappa shape index (κ1) is 20.7. The molecule has 0 radical (unpaired) electrons. The van der Waals surface area contributed by atoms with E-state index in [1.165, 1.54) is 19.1 Å². The van der Waals surface area contributed by atoms with Crippen molar-refractivity contribution in [3.05, 3.63) is 39.5 Å². The SMILES string of the molecule is Cc1cc2cc(C(=O)NCCCCP(=O)(O)O)cc(=O)c(O)c2c(O)c1O. The number of aromatic hydroxyl groups is 3. The third-order valence-electron chi connectivity index (χ3n) is 3.99. The second-order valence-corrected chi connectivity index (χ2v) is 7.94. The molecule has 9 nitrogen and oxygen atoms in total. The Bertz CT molecular complexity index is 998. The van der Waals surface area contributed by atoms with Crippen molar-refractivity contribution in [2.45, 2.75) is 19.8 Å². The van der Waals surface area contributed by atoms with Crippen molar-refractivity contribution < 1.29 is 34.5 Å². The van der Waals surface area contributed by atoms with Gasteiger partial charge in [-0.25, -0.2) is 0 Å². The molecule has 27 heavy (non-hydrogen) atoms. The maximum atomic E-state index is 12.3. The molecule has 0 atom stereocenters. The molecule has 1 amide bonds. The molecular weight excluding hydrogens is 377 g/mol. The Morgan fingerprint density at radius 2 is 1.70 bits per heavy atom. The summed E-state index contributed by atoms with van der Waals surface area (Å²) < 4.78 is 10.8. The number of phenols is 2. The number of benzene rings is 1. The third kappa shape index (κ3) is 4.97. The second-order valence-electron chi connectivity index (χ2n) is 6.16. The topological polar surface area (TPSA) is 164 Å². The zero-order valence-electron chi connectivity index (χ0n) is 14.5. The number of amides is 1. The molecule has 2 rings (SSSR count). The average Bonchev–Trinajstić information content (AvgIpc) is 2.68. The first-order valence-corrected chi connectivity index (χ1v) is 9.86. The van der Waals surface area contributed by atoms with Gasteiger partial charge in [0.15, 0.2) is 17.2 Å². The molecule has 0 aliphatic heterocycles. The predicted molar refractivity (Wildman–Crippen MR) is 98.4 cm³/mol. The molecule has 0 fully saturated rings. The molecule has 0 saturated heterocycles. The summed E-state index contributed by atoms with van der Waals surface area (Å²) in [5, 5.41) is 32.4. The van der Waals surface area contributed by atoms with Crippen LogP contribution in [-0.2, 0) is 4.57 Å². The fourth-order valence-corrected chi connectivity index (χ4v) is 3.23. The van der Waals surface area contributed by atoms with Gasteiger partial charge in [0.25, 0.3) is 5.91 Å². The lowest BCUT2D eigenvalue weighted by atomic mass is 10.1. The fourth-order valence-electron chi connectivity index (χ4n) is 2.60. The van der Waals surface area contributed by atoms with Crippen LogP contribution in [0.3, 0.4) is 0 Å². The standard InChI is InChI=1S/C17H20NO8P/c1-9-6-10-7-11(17(23)18-4-2-3-5-27(24,25)26)8-12(19)15(21)13(10)16(22)14(9)20/h6-8,20,22H,2-5H2,1H3,(H,18,23)(H,19,21)(H2,24,25,26). The number of aryl methyl sites for hydroxylation is 1. The van der Waals surface area contributed by atoms with Crippen molar-refractivity contribution in [2.24, 2.45) is 0 Å². The average molecular weight is 397 g/mol. The van der Waals surface area contributed by atoms with Gasteiger partial charge < -0.3 is 30.4 Å². The lowest BCUT2D eigenvalue weighted by molar-refractivity contribution is 0.0953. The number of hydrogen-bond donors (Lipinski definition) is 6. The molecule has 6 N–H and O–H groups in total. The van der Waals surface area contributed by atoms with Crippen molar-refractivity contribution in [3.63, 3.8) is 0 Å². The lowest BCUT2D eigenvalue weighted by Crippen LogP contribution is -2.24. The second kappa shape index (κ2) is 7.96. The normalized spacial score (nSPS) is 11.5. The van der Waals surface area contributed by atoms with Crippen LogP contribution in [0, 0.1) is 6.92 Å². The molecule has 146 valence electrons. The summed E-state index contributed by atoms with van der Waals surface area (Å²) in [7, 11) is -4.08. The molecule has 10 heteroatoms. The molecule has 0 heterocycles. The van der Waals surface area contributed by atoms with Crippen LogP contribution < -0.4 is 10.7 Å². The van der Waals surface area contributed by atoms with Crippen molar-refractivity contribution in [3.8, 4) is 17.2 Å². The molecule has 2 aromatic carbocycles. The first-order chi connectivity index (χ1) is 12.5. The van der Waals surface area contributed by atoms with Crippen LogP contribution in [0.5, 0.6) is 17.2 Å². The van der Waals surface area contributed by atoms with Gasteiger partial charge in [-0.15, -0.1) is 0 Å². The fraction of sp³-hybridized carbons (Fsp3) is 0.294. The number of carbonyl (C=O) groups excluding carboxylic acids is 1. The number of phenolic OH excluding ortho intramolecular Hbond substituents is 2. The molecule has 0 saturated carbocycles. The Morgan fingerprint density at radius 3 is 2.33 bits per heavy atom. The summed E-state index contributed by atoms with van der Waals surface area (Å²) in [5.74, 6) is -2.54. The van der Waals surface area contributed by atoms with Gasteiger partial charge in [0.1, 0.15) is 0 Å². The van der Waals surface area contributed by atoms with Gasteiger partial charge in [-0.3, -0.25) is 14.2 Å². The Balaban J connectivity index is 2.30. The minimum absolute atomic E-state index is 0.0650. The van der Waals surface area contributed by atoms with Gasteiger partial charge in [0.2, 0.25) is 5.43 Å². The van der Waals surface area contributed by atoms with E-state index in [9.17, 15) is 29.5 Å². The molecular formula is C17H20NO8P. The minimum atomic E-state index is -4.08. The summed E-state index contributed by atoms with van der Waals surface area (Å²) in [5.41, 5.74) is -0.679. The highest BCUT2D eigenvalue weighted by atomic mass is 31.2. The number of unbranched alkanes of at least 4 members (excludes halogenated alkanes) is 1. The largest absolute Gasteiger partial charge is 0.504 e. The Kier molecular flexibility index (Phi) is 6.10. The molecule has 0 aromatic heterocycles. The third-order valence-corrected chi connectivity index (χ3v) is 4.89. The van der Waals surface area contributed by atoms with Crippen LogP contribution in [0.2, 0.25) is 0 Å². The zero-order valence-corrected chi connectivity index (χ0v) is 15.4. The van der Waals surface area contributed by atoms with Crippen LogP contribution in [0.15, 0.2) is 23.0 Å². The number of nitrogens with one attached hydrogen (secondary N) is 1. The van der Waals surface area contributed by atoms with Crippen molar-refractivity contribution in [1.29, 1.82) is 0 Å². The highest BCUT2D eigenvalue weighted by Crippen LogP contribution is 2.39. The molecule has 0 aliphatic carbocycles. The maximum Gasteiger partial charge on any atom is 0.325 e. The van der Waals surface area contributed by atoms with E-state index in [0.717, 1.165) is 6.07 Å².